The number of hydrogen-bond donors (Lipinski definition) is 0. The number of nitro groups is 1. The van der Waals surface area contributed by atoms with E-state index in [0.717, 1.165) is 19.3 Å². The van der Waals surface area contributed by atoms with E-state index in [1.807, 2.05) is 6.92 Å². The number of nitrogens with zero attached hydrogens (tertiary/aromatic N) is 2. The van der Waals surface area contributed by atoms with E-state index in [1.165, 1.54) is 28.6 Å². The second-order valence-corrected chi connectivity index (χ2v) is 8.76. The van der Waals surface area contributed by atoms with E-state index in [9.17, 15) is 18.5 Å². The predicted octanol–water partition coefficient (Wildman–Crippen LogP) is 3.82. The molecule has 1 aromatic carbocycles. The van der Waals surface area contributed by atoms with Crippen molar-refractivity contribution in [2.24, 2.45) is 5.41 Å². The fourth-order valence-electron chi connectivity index (χ4n) is 2.04. The van der Waals surface area contributed by atoms with Crippen LogP contribution >= 0.6 is 0 Å². The van der Waals surface area contributed by atoms with Crippen molar-refractivity contribution < 1.29 is 13.3 Å². The molecule has 0 aliphatic carbocycles. The Morgan fingerprint density at radius 1 is 1.13 bits per heavy atom. The Morgan fingerprint density at radius 3 is 2.13 bits per heavy atom. The van der Waals surface area contributed by atoms with E-state index in [1.54, 1.807) is 0 Å². The van der Waals surface area contributed by atoms with Gasteiger partial charge in [0.1, 0.15) is 0 Å². The molecule has 0 fully saturated rings. The summed E-state index contributed by atoms with van der Waals surface area (Å²) >= 11 is 0. The quantitative estimate of drug-likeness (QED) is 0.531. The molecule has 0 heterocycles. The Kier molecular flexibility index (Phi) is 6.70. The molecule has 7 heteroatoms. The second kappa shape index (κ2) is 7.88. The van der Waals surface area contributed by atoms with E-state index < -0.39 is 14.9 Å². The first-order valence-corrected chi connectivity index (χ1v) is 9.26. The van der Waals surface area contributed by atoms with Gasteiger partial charge in [-0.3, -0.25) is 10.1 Å². The highest BCUT2D eigenvalue weighted by atomic mass is 32.2. The number of unbranched alkanes of at least 4 members (excludes halogenated alkanes) is 1. The van der Waals surface area contributed by atoms with Crippen LogP contribution in [0.2, 0.25) is 0 Å². The summed E-state index contributed by atoms with van der Waals surface area (Å²) in [5.74, 6) is 0. The lowest BCUT2D eigenvalue weighted by Gasteiger charge is -2.26. The fraction of sp³-hybridized carbons (Fsp3) is 0.625. The Labute approximate surface area is 138 Å². The van der Waals surface area contributed by atoms with Crippen LogP contribution in [0.5, 0.6) is 0 Å². The largest absolute Gasteiger partial charge is 0.269 e. The molecule has 6 nitrogen and oxygen atoms in total. The summed E-state index contributed by atoms with van der Waals surface area (Å²) in [4.78, 5) is 10.3. The number of non-ortho nitro benzene ring substituents is 1. The predicted molar refractivity (Wildman–Crippen MR) is 90.8 cm³/mol. The maximum absolute atomic E-state index is 12.8. The van der Waals surface area contributed by atoms with Gasteiger partial charge < -0.3 is 0 Å². The maximum atomic E-state index is 12.8. The minimum absolute atomic E-state index is 0.0372. The Balaban J connectivity index is 3.03. The molecule has 0 aromatic heterocycles. The highest BCUT2D eigenvalue weighted by Gasteiger charge is 2.26. The summed E-state index contributed by atoms with van der Waals surface area (Å²) in [5, 5.41) is 10.7. The van der Waals surface area contributed by atoms with E-state index in [-0.39, 0.29) is 16.0 Å². The minimum atomic E-state index is -3.63. The molecule has 1 aromatic rings. The number of hydrogen-bond acceptors (Lipinski definition) is 4. The summed E-state index contributed by atoms with van der Waals surface area (Å²) in [6.45, 7) is 9.14. The zero-order valence-electron chi connectivity index (χ0n) is 14.3. The van der Waals surface area contributed by atoms with Crippen LogP contribution in [0.4, 0.5) is 5.69 Å². The molecule has 1 rings (SSSR count). The highest BCUT2D eigenvalue weighted by Crippen LogP contribution is 2.24. The molecular weight excluding hydrogens is 316 g/mol. The van der Waals surface area contributed by atoms with Gasteiger partial charge in [-0.15, -0.1) is 0 Å². The van der Waals surface area contributed by atoms with Crippen LogP contribution < -0.4 is 0 Å². The normalized spacial score (nSPS) is 12.6. The number of benzene rings is 1. The molecule has 0 atom stereocenters. The Hall–Kier alpha value is -1.47. The van der Waals surface area contributed by atoms with Gasteiger partial charge in [-0.1, -0.05) is 34.1 Å². The van der Waals surface area contributed by atoms with Crippen LogP contribution in [0.15, 0.2) is 29.2 Å². The Bertz CT molecular complexity index is 618. The fourth-order valence-corrected chi connectivity index (χ4v) is 3.51. The van der Waals surface area contributed by atoms with Gasteiger partial charge in [-0.25, -0.2) is 8.42 Å². The zero-order chi connectivity index (χ0) is 17.7. The van der Waals surface area contributed by atoms with Gasteiger partial charge in [0.05, 0.1) is 9.82 Å². The standard InChI is InChI=1S/C16H26N2O4S/c1-5-6-12-17(13-11-16(2,3)4)23(21,22)15-9-7-14(8-10-15)18(19)20/h7-10H,5-6,11-13H2,1-4H3. The molecule has 0 amide bonds. The summed E-state index contributed by atoms with van der Waals surface area (Å²) < 4.78 is 27.1. The molecular formula is C16H26N2O4S. The first kappa shape index (κ1) is 19.6. The summed E-state index contributed by atoms with van der Waals surface area (Å²) in [5.41, 5.74) is -0.0751. The van der Waals surface area contributed by atoms with Crippen molar-refractivity contribution >= 4 is 15.7 Å². The smallest absolute Gasteiger partial charge is 0.258 e. The van der Waals surface area contributed by atoms with E-state index in [2.05, 4.69) is 20.8 Å². The van der Waals surface area contributed by atoms with Crippen molar-refractivity contribution in [3.05, 3.63) is 34.4 Å². The van der Waals surface area contributed by atoms with Gasteiger partial charge >= 0.3 is 0 Å². The van der Waals surface area contributed by atoms with Crippen LogP contribution in [0.25, 0.3) is 0 Å². The molecule has 0 aliphatic heterocycles. The molecule has 0 spiro atoms. The number of nitro benzene ring substituents is 1. The van der Waals surface area contributed by atoms with Crippen molar-refractivity contribution in [3.63, 3.8) is 0 Å². The van der Waals surface area contributed by atoms with Crippen LogP contribution in [-0.4, -0.2) is 30.7 Å². The average Bonchev–Trinajstić information content (AvgIpc) is 2.46. The molecule has 0 bridgehead atoms. The topological polar surface area (TPSA) is 80.5 Å². The third kappa shape index (κ3) is 5.91. The molecule has 0 N–H and O–H groups in total. The maximum Gasteiger partial charge on any atom is 0.269 e. The molecule has 0 saturated carbocycles. The van der Waals surface area contributed by atoms with Crippen LogP contribution in [0.1, 0.15) is 47.0 Å². The average molecular weight is 342 g/mol. The number of sulfonamides is 1. The van der Waals surface area contributed by atoms with Gasteiger partial charge in [-0.2, -0.15) is 4.31 Å². The number of rotatable bonds is 8. The van der Waals surface area contributed by atoms with Gasteiger partial charge in [0, 0.05) is 25.2 Å². The lowest BCUT2D eigenvalue weighted by atomic mass is 9.92. The summed E-state index contributed by atoms with van der Waals surface area (Å²) in [6.07, 6.45) is 2.45. The second-order valence-electron chi connectivity index (χ2n) is 6.82. The Morgan fingerprint density at radius 2 is 1.70 bits per heavy atom. The zero-order valence-corrected chi connectivity index (χ0v) is 15.1. The van der Waals surface area contributed by atoms with Gasteiger partial charge in [0.15, 0.2) is 0 Å². The van der Waals surface area contributed by atoms with Crippen molar-refractivity contribution in [1.29, 1.82) is 0 Å². The van der Waals surface area contributed by atoms with Gasteiger partial charge in [0.2, 0.25) is 10.0 Å². The van der Waals surface area contributed by atoms with Crippen molar-refractivity contribution in [3.8, 4) is 0 Å². The molecule has 130 valence electrons. The van der Waals surface area contributed by atoms with E-state index in [4.69, 9.17) is 0 Å². The SMILES string of the molecule is CCCCN(CCC(C)(C)C)S(=O)(=O)c1ccc([N+](=O)[O-])cc1. The van der Waals surface area contributed by atoms with Gasteiger partial charge in [-0.05, 0) is 30.4 Å². The summed E-state index contributed by atoms with van der Waals surface area (Å²) in [6, 6.07) is 5.08. The molecule has 0 saturated heterocycles. The monoisotopic (exact) mass is 342 g/mol. The van der Waals surface area contributed by atoms with Crippen LogP contribution in [0, 0.1) is 15.5 Å². The highest BCUT2D eigenvalue weighted by molar-refractivity contribution is 7.89. The van der Waals surface area contributed by atoms with Crippen LogP contribution in [-0.2, 0) is 10.0 Å². The molecule has 23 heavy (non-hydrogen) atoms. The third-order valence-electron chi connectivity index (χ3n) is 3.56. The van der Waals surface area contributed by atoms with Gasteiger partial charge in [0.25, 0.3) is 5.69 Å². The first-order chi connectivity index (χ1) is 10.6. The van der Waals surface area contributed by atoms with E-state index in [0.29, 0.717) is 13.1 Å². The molecule has 0 aliphatic rings. The third-order valence-corrected chi connectivity index (χ3v) is 5.47. The molecule has 0 radical (unpaired) electrons. The van der Waals surface area contributed by atoms with Crippen LogP contribution in [0.3, 0.4) is 0 Å². The summed E-state index contributed by atoms with van der Waals surface area (Å²) in [7, 11) is -3.63. The lowest BCUT2D eigenvalue weighted by molar-refractivity contribution is -0.384. The first-order valence-electron chi connectivity index (χ1n) is 7.82. The molecule has 0 unspecified atom stereocenters. The lowest BCUT2D eigenvalue weighted by Crippen LogP contribution is -2.34. The van der Waals surface area contributed by atoms with Crippen molar-refractivity contribution in [1.82, 2.24) is 4.31 Å². The van der Waals surface area contributed by atoms with Crippen molar-refractivity contribution in [2.45, 2.75) is 51.9 Å². The van der Waals surface area contributed by atoms with E-state index >= 15 is 0 Å². The minimum Gasteiger partial charge on any atom is -0.258 e. The van der Waals surface area contributed by atoms with Crippen molar-refractivity contribution in [2.75, 3.05) is 13.1 Å².